The molecule has 0 radical (unpaired) electrons. The Kier molecular flexibility index (Phi) is 11.9. The Morgan fingerprint density at radius 2 is 1.55 bits per heavy atom. The molecule has 2 aromatic rings. The molecule has 0 atom stereocenters. The third kappa shape index (κ3) is 8.75. The molecule has 0 saturated carbocycles. The molecule has 0 spiro atoms. The van der Waals surface area contributed by atoms with E-state index in [2.05, 4.69) is 9.97 Å². The molecule has 172 valence electrons. The van der Waals surface area contributed by atoms with Crippen molar-refractivity contribution in [2.24, 2.45) is 0 Å². The van der Waals surface area contributed by atoms with E-state index in [9.17, 15) is 4.79 Å². The fraction of sp³-hybridized carbons (Fsp3) is 0.476. The van der Waals surface area contributed by atoms with Crippen LogP contribution in [0.3, 0.4) is 0 Å². The lowest BCUT2D eigenvalue weighted by atomic mass is 10.3. The lowest BCUT2D eigenvalue weighted by Crippen LogP contribution is -2.11. The molecule has 0 aliphatic rings. The first-order valence-corrected chi connectivity index (χ1v) is 10.1. The summed E-state index contributed by atoms with van der Waals surface area (Å²) < 4.78 is 22.2. The molecular formula is C21H31ClN4O5. The van der Waals surface area contributed by atoms with Gasteiger partial charge in [-0.25, -0.2) is 4.98 Å². The normalized spacial score (nSPS) is 10.1. The van der Waals surface area contributed by atoms with Crippen LogP contribution in [0.15, 0.2) is 24.3 Å². The number of benzene rings is 1. The van der Waals surface area contributed by atoms with Crippen LogP contribution >= 0.6 is 12.4 Å². The largest absolute Gasteiger partial charge is 0.490 e. The number of aryl methyl sites for hydroxylation is 1. The van der Waals surface area contributed by atoms with Crippen molar-refractivity contribution in [1.29, 1.82) is 0 Å². The predicted octanol–water partition coefficient (Wildman–Crippen LogP) is 3.20. The third-order valence-corrected chi connectivity index (χ3v) is 4.04. The van der Waals surface area contributed by atoms with E-state index in [4.69, 9.17) is 30.4 Å². The van der Waals surface area contributed by atoms with Crippen molar-refractivity contribution in [3.8, 4) is 17.2 Å². The van der Waals surface area contributed by atoms with Gasteiger partial charge in [0.1, 0.15) is 0 Å². The van der Waals surface area contributed by atoms with Crippen LogP contribution in [0, 0.1) is 0 Å². The molecule has 31 heavy (non-hydrogen) atoms. The first-order chi connectivity index (χ1) is 14.5. The number of nitrogen functional groups attached to an aromatic ring is 2. The van der Waals surface area contributed by atoms with E-state index in [0.29, 0.717) is 75.1 Å². The molecule has 1 aromatic carbocycles. The van der Waals surface area contributed by atoms with Gasteiger partial charge in [-0.2, -0.15) is 4.98 Å². The number of para-hydroxylation sites is 2. The van der Waals surface area contributed by atoms with Gasteiger partial charge < -0.3 is 30.4 Å². The number of esters is 1. The second kappa shape index (κ2) is 14.1. The minimum absolute atomic E-state index is 0. The number of rotatable bonds is 13. The number of nitrogens with zero attached hydrogens (tertiary/aromatic N) is 2. The van der Waals surface area contributed by atoms with Gasteiger partial charge in [0, 0.05) is 12.8 Å². The molecule has 1 aromatic heterocycles. The van der Waals surface area contributed by atoms with Gasteiger partial charge >= 0.3 is 5.97 Å². The summed E-state index contributed by atoms with van der Waals surface area (Å²) in [6.07, 6.45) is 2.17. The van der Waals surface area contributed by atoms with E-state index in [1.165, 1.54) is 0 Å². The molecule has 0 unspecified atom stereocenters. The number of anilines is 2. The lowest BCUT2D eigenvalue weighted by molar-refractivity contribution is -0.143. The van der Waals surface area contributed by atoms with Crippen LogP contribution in [0.1, 0.15) is 38.8 Å². The maximum atomic E-state index is 11.4. The second-order valence-corrected chi connectivity index (χ2v) is 6.35. The molecule has 2 rings (SSSR count). The number of carbonyl (C=O) groups excluding carboxylic acids is 1. The minimum atomic E-state index is -0.219. The molecule has 4 N–H and O–H groups in total. The second-order valence-electron chi connectivity index (χ2n) is 6.35. The summed E-state index contributed by atoms with van der Waals surface area (Å²) in [5.41, 5.74) is 12.2. The van der Waals surface area contributed by atoms with Crippen molar-refractivity contribution < 1.29 is 23.7 Å². The number of ether oxygens (including phenoxy) is 4. The van der Waals surface area contributed by atoms with Gasteiger partial charge in [-0.3, -0.25) is 4.79 Å². The molecule has 1 heterocycles. The molecule has 10 heteroatoms. The van der Waals surface area contributed by atoms with Crippen LogP contribution in [0.25, 0.3) is 0 Å². The number of hydrogen-bond donors (Lipinski definition) is 2. The molecule has 0 bridgehead atoms. The van der Waals surface area contributed by atoms with E-state index in [1.807, 2.05) is 31.2 Å². The summed E-state index contributed by atoms with van der Waals surface area (Å²) in [6.45, 7) is 5.35. The monoisotopic (exact) mass is 454 g/mol. The zero-order chi connectivity index (χ0) is 21.8. The summed E-state index contributed by atoms with van der Waals surface area (Å²) >= 11 is 0. The summed E-state index contributed by atoms with van der Waals surface area (Å²) in [4.78, 5) is 19.5. The molecular weight excluding hydrogens is 424 g/mol. The van der Waals surface area contributed by atoms with Crippen LogP contribution in [-0.4, -0.2) is 42.4 Å². The Morgan fingerprint density at radius 1 is 0.935 bits per heavy atom. The van der Waals surface area contributed by atoms with Gasteiger partial charge in [0.2, 0.25) is 5.95 Å². The van der Waals surface area contributed by atoms with E-state index in [-0.39, 0.29) is 30.1 Å². The Morgan fingerprint density at radius 3 is 2.16 bits per heavy atom. The Balaban J connectivity index is 0.00000480. The van der Waals surface area contributed by atoms with Crippen LogP contribution in [0.5, 0.6) is 17.2 Å². The molecule has 0 aliphatic carbocycles. The van der Waals surface area contributed by atoms with Crippen molar-refractivity contribution in [2.75, 3.05) is 37.9 Å². The standard InChI is InChI=1S/C21H30N4O5.ClH/c1-3-15-19(20(22)25-21(23)24-15)30-14-8-13-29-17-10-6-5-9-16(17)28-12-7-11-18(26)27-4-2;/h5-6,9-10H,3-4,7-8,11-14H2,1-2H3,(H4,22,23,24,25);1H. The SMILES string of the molecule is CCOC(=O)CCCOc1ccccc1OCCCOc1c(N)nc(N)nc1CC.Cl. The first-order valence-electron chi connectivity index (χ1n) is 10.1. The molecule has 0 aliphatic heterocycles. The van der Waals surface area contributed by atoms with E-state index in [0.717, 1.165) is 0 Å². The zero-order valence-electron chi connectivity index (χ0n) is 18.0. The smallest absolute Gasteiger partial charge is 0.305 e. The van der Waals surface area contributed by atoms with Crippen LogP contribution < -0.4 is 25.7 Å². The van der Waals surface area contributed by atoms with E-state index < -0.39 is 0 Å². The van der Waals surface area contributed by atoms with Crippen LogP contribution in [-0.2, 0) is 16.0 Å². The van der Waals surface area contributed by atoms with Gasteiger partial charge in [-0.1, -0.05) is 19.1 Å². The maximum Gasteiger partial charge on any atom is 0.305 e. The predicted molar refractivity (Wildman–Crippen MR) is 121 cm³/mol. The average Bonchev–Trinajstić information content (AvgIpc) is 2.73. The minimum Gasteiger partial charge on any atom is -0.490 e. The summed E-state index contributed by atoms with van der Waals surface area (Å²) in [5, 5.41) is 0. The van der Waals surface area contributed by atoms with Gasteiger partial charge in [-0.15, -0.1) is 12.4 Å². The highest BCUT2D eigenvalue weighted by Gasteiger charge is 2.11. The number of halogens is 1. The van der Waals surface area contributed by atoms with Crippen molar-refractivity contribution in [2.45, 2.75) is 39.5 Å². The Hall–Kier alpha value is -2.94. The van der Waals surface area contributed by atoms with Crippen molar-refractivity contribution in [3.63, 3.8) is 0 Å². The molecule has 0 amide bonds. The molecule has 0 saturated heterocycles. The first kappa shape index (κ1) is 26.1. The van der Waals surface area contributed by atoms with Gasteiger partial charge in [0.25, 0.3) is 0 Å². The van der Waals surface area contributed by atoms with E-state index >= 15 is 0 Å². The highest BCUT2D eigenvalue weighted by atomic mass is 35.5. The molecule has 9 nitrogen and oxygen atoms in total. The fourth-order valence-corrected chi connectivity index (χ4v) is 2.67. The quantitative estimate of drug-likeness (QED) is 0.345. The summed E-state index contributed by atoms with van der Waals surface area (Å²) in [6, 6.07) is 7.41. The Bertz CT molecular complexity index is 822. The topological polar surface area (TPSA) is 132 Å². The lowest BCUT2D eigenvalue weighted by Gasteiger charge is -2.14. The highest BCUT2D eigenvalue weighted by Crippen LogP contribution is 2.27. The number of hydrogen-bond acceptors (Lipinski definition) is 9. The fourth-order valence-electron chi connectivity index (χ4n) is 2.67. The van der Waals surface area contributed by atoms with Crippen LogP contribution in [0.4, 0.5) is 11.8 Å². The van der Waals surface area contributed by atoms with Gasteiger partial charge in [-0.05, 0) is 31.9 Å². The Labute approximate surface area is 188 Å². The number of aromatic nitrogens is 2. The van der Waals surface area contributed by atoms with Crippen molar-refractivity contribution in [1.82, 2.24) is 9.97 Å². The van der Waals surface area contributed by atoms with E-state index in [1.54, 1.807) is 6.92 Å². The van der Waals surface area contributed by atoms with Crippen molar-refractivity contribution >= 4 is 30.1 Å². The molecule has 0 fully saturated rings. The summed E-state index contributed by atoms with van der Waals surface area (Å²) in [7, 11) is 0. The van der Waals surface area contributed by atoms with Gasteiger partial charge in [0.05, 0.1) is 32.1 Å². The zero-order valence-corrected chi connectivity index (χ0v) is 18.8. The average molecular weight is 455 g/mol. The van der Waals surface area contributed by atoms with Crippen LogP contribution in [0.2, 0.25) is 0 Å². The third-order valence-electron chi connectivity index (χ3n) is 4.04. The number of nitrogens with two attached hydrogens (primary N) is 2. The van der Waals surface area contributed by atoms with Crippen molar-refractivity contribution in [3.05, 3.63) is 30.0 Å². The highest BCUT2D eigenvalue weighted by molar-refractivity contribution is 5.85. The van der Waals surface area contributed by atoms with Gasteiger partial charge in [0.15, 0.2) is 23.1 Å². The summed E-state index contributed by atoms with van der Waals surface area (Å²) in [5.74, 6) is 1.90. The number of carbonyl (C=O) groups is 1. The maximum absolute atomic E-state index is 11.4.